The molecule has 1 aromatic rings. The van der Waals surface area contributed by atoms with Gasteiger partial charge in [0.15, 0.2) is 0 Å². The van der Waals surface area contributed by atoms with E-state index in [9.17, 15) is 5.11 Å². The van der Waals surface area contributed by atoms with Crippen LogP contribution >= 0.6 is 0 Å². The van der Waals surface area contributed by atoms with Crippen molar-refractivity contribution in [2.24, 2.45) is 0 Å². The number of rotatable bonds is 8. The summed E-state index contributed by atoms with van der Waals surface area (Å²) in [6, 6.07) is 5.40. The van der Waals surface area contributed by atoms with E-state index in [0.717, 1.165) is 18.6 Å². The summed E-state index contributed by atoms with van der Waals surface area (Å²) < 4.78 is 16.1. The third-order valence-electron chi connectivity index (χ3n) is 2.50. The van der Waals surface area contributed by atoms with Crippen molar-refractivity contribution in [3.63, 3.8) is 0 Å². The Morgan fingerprint density at radius 1 is 1.22 bits per heavy atom. The van der Waals surface area contributed by atoms with Crippen LogP contribution in [0.2, 0.25) is 0 Å². The standard InChI is InChI=1S/C14H22O4/c1-4-7-17-8-9-18-14-10-12(16-3)5-6-13(14)11(2)15/h5-6,10-11,15H,4,7-9H2,1-3H3/t11-/m0/s1. The lowest BCUT2D eigenvalue weighted by atomic mass is 10.1. The fourth-order valence-corrected chi connectivity index (χ4v) is 1.57. The Hall–Kier alpha value is -1.26. The lowest BCUT2D eigenvalue weighted by Gasteiger charge is -2.14. The average Bonchev–Trinajstić information content (AvgIpc) is 2.38. The summed E-state index contributed by atoms with van der Waals surface area (Å²) in [4.78, 5) is 0. The van der Waals surface area contributed by atoms with Crippen LogP contribution in [0.25, 0.3) is 0 Å². The Labute approximate surface area is 108 Å². The molecule has 0 aliphatic heterocycles. The molecule has 0 bridgehead atoms. The highest BCUT2D eigenvalue weighted by atomic mass is 16.5. The van der Waals surface area contributed by atoms with Gasteiger partial charge in [0.2, 0.25) is 0 Å². The van der Waals surface area contributed by atoms with E-state index in [4.69, 9.17) is 14.2 Å². The van der Waals surface area contributed by atoms with E-state index in [1.165, 1.54) is 0 Å². The summed E-state index contributed by atoms with van der Waals surface area (Å²) >= 11 is 0. The normalized spacial score (nSPS) is 12.2. The van der Waals surface area contributed by atoms with Crippen LogP contribution in [-0.2, 0) is 4.74 Å². The van der Waals surface area contributed by atoms with Crippen LogP contribution in [-0.4, -0.2) is 32.0 Å². The van der Waals surface area contributed by atoms with E-state index in [1.807, 2.05) is 12.1 Å². The highest BCUT2D eigenvalue weighted by Crippen LogP contribution is 2.29. The number of ether oxygens (including phenoxy) is 3. The van der Waals surface area contributed by atoms with E-state index in [0.29, 0.717) is 24.7 Å². The fourth-order valence-electron chi connectivity index (χ4n) is 1.57. The fraction of sp³-hybridized carbons (Fsp3) is 0.571. The molecule has 0 aromatic heterocycles. The summed E-state index contributed by atoms with van der Waals surface area (Å²) in [5, 5.41) is 9.66. The molecule has 0 aliphatic rings. The third kappa shape index (κ3) is 4.55. The van der Waals surface area contributed by atoms with Gasteiger partial charge in [0.1, 0.15) is 18.1 Å². The minimum Gasteiger partial charge on any atom is -0.497 e. The zero-order valence-corrected chi connectivity index (χ0v) is 11.3. The number of benzene rings is 1. The van der Waals surface area contributed by atoms with E-state index in [-0.39, 0.29) is 0 Å². The predicted octanol–water partition coefficient (Wildman–Crippen LogP) is 2.55. The van der Waals surface area contributed by atoms with Crippen molar-refractivity contribution in [3.05, 3.63) is 23.8 Å². The molecule has 1 rings (SSSR count). The van der Waals surface area contributed by atoms with Crippen molar-refractivity contribution in [2.75, 3.05) is 26.9 Å². The number of aliphatic hydroxyl groups excluding tert-OH is 1. The minimum absolute atomic E-state index is 0.465. The molecule has 4 heteroatoms. The Kier molecular flexibility index (Phi) is 6.54. The first-order chi connectivity index (χ1) is 8.69. The second kappa shape index (κ2) is 7.95. The second-order valence-electron chi connectivity index (χ2n) is 4.04. The molecule has 1 atom stereocenters. The number of hydrogen-bond acceptors (Lipinski definition) is 4. The average molecular weight is 254 g/mol. The van der Waals surface area contributed by atoms with Gasteiger partial charge < -0.3 is 19.3 Å². The molecule has 1 N–H and O–H groups in total. The van der Waals surface area contributed by atoms with Gasteiger partial charge in [-0.15, -0.1) is 0 Å². The van der Waals surface area contributed by atoms with E-state index in [1.54, 1.807) is 20.1 Å². The summed E-state index contributed by atoms with van der Waals surface area (Å²) in [6.45, 7) is 5.53. The van der Waals surface area contributed by atoms with Gasteiger partial charge in [-0.05, 0) is 25.5 Å². The smallest absolute Gasteiger partial charge is 0.128 e. The Morgan fingerprint density at radius 3 is 2.61 bits per heavy atom. The SMILES string of the molecule is CCCOCCOc1cc(OC)ccc1[C@H](C)O. The van der Waals surface area contributed by atoms with Gasteiger partial charge in [-0.2, -0.15) is 0 Å². The molecular formula is C14H22O4. The van der Waals surface area contributed by atoms with Crippen molar-refractivity contribution in [1.82, 2.24) is 0 Å². The number of aliphatic hydroxyl groups is 1. The van der Waals surface area contributed by atoms with Gasteiger partial charge in [0.05, 0.1) is 19.8 Å². The molecule has 0 radical (unpaired) electrons. The third-order valence-corrected chi connectivity index (χ3v) is 2.50. The first-order valence-electron chi connectivity index (χ1n) is 6.25. The van der Waals surface area contributed by atoms with Crippen LogP contribution in [0.4, 0.5) is 0 Å². The number of methoxy groups -OCH3 is 1. The topological polar surface area (TPSA) is 47.9 Å². The summed E-state index contributed by atoms with van der Waals surface area (Å²) in [5.41, 5.74) is 0.756. The van der Waals surface area contributed by atoms with Crippen LogP contribution in [0.5, 0.6) is 11.5 Å². The molecule has 0 unspecified atom stereocenters. The van der Waals surface area contributed by atoms with Crippen LogP contribution in [0.3, 0.4) is 0 Å². The van der Waals surface area contributed by atoms with Gasteiger partial charge in [-0.1, -0.05) is 6.92 Å². The molecule has 1 aromatic carbocycles. The first kappa shape index (κ1) is 14.8. The van der Waals surface area contributed by atoms with Crippen molar-refractivity contribution in [1.29, 1.82) is 0 Å². The van der Waals surface area contributed by atoms with Gasteiger partial charge in [-0.25, -0.2) is 0 Å². The molecule has 0 aliphatic carbocycles. The van der Waals surface area contributed by atoms with Crippen LogP contribution < -0.4 is 9.47 Å². The Bertz CT molecular complexity index is 350. The summed E-state index contributed by atoms with van der Waals surface area (Å²) in [7, 11) is 1.60. The zero-order chi connectivity index (χ0) is 13.4. The first-order valence-corrected chi connectivity index (χ1v) is 6.25. The van der Waals surface area contributed by atoms with Gasteiger partial charge in [0, 0.05) is 18.2 Å². The highest BCUT2D eigenvalue weighted by molar-refractivity contribution is 5.41. The van der Waals surface area contributed by atoms with Gasteiger partial charge >= 0.3 is 0 Å². The predicted molar refractivity (Wildman–Crippen MR) is 70.2 cm³/mol. The van der Waals surface area contributed by atoms with Crippen molar-refractivity contribution in [2.45, 2.75) is 26.4 Å². The van der Waals surface area contributed by atoms with Gasteiger partial charge in [0.25, 0.3) is 0 Å². The lowest BCUT2D eigenvalue weighted by molar-refractivity contribution is 0.0985. The van der Waals surface area contributed by atoms with E-state index < -0.39 is 6.10 Å². The van der Waals surface area contributed by atoms with Gasteiger partial charge in [-0.3, -0.25) is 0 Å². The molecule has 0 spiro atoms. The Morgan fingerprint density at radius 2 is 2.00 bits per heavy atom. The quantitative estimate of drug-likeness (QED) is 0.724. The largest absolute Gasteiger partial charge is 0.497 e. The van der Waals surface area contributed by atoms with Crippen LogP contribution in [0, 0.1) is 0 Å². The highest BCUT2D eigenvalue weighted by Gasteiger charge is 2.10. The maximum Gasteiger partial charge on any atom is 0.128 e. The van der Waals surface area contributed by atoms with Crippen molar-refractivity contribution >= 4 is 0 Å². The van der Waals surface area contributed by atoms with Crippen molar-refractivity contribution in [3.8, 4) is 11.5 Å². The monoisotopic (exact) mass is 254 g/mol. The maximum absolute atomic E-state index is 9.66. The summed E-state index contributed by atoms with van der Waals surface area (Å²) in [5.74, 6) is 1.35. The molecule has 0 fully saturated rings. The lowest BCUT2D eigenvalue weighted by Crippen LogP contribution is -2.09. The minimum atomic E-state index is -0.567. The molecule has 102 valence electrons. The molecule has 18 heavy (non-hydrogen) atoms. The van der Waals surface area contributed by atoms with E-state index >= 15 is 0 Å². The number of hydrogen-bond donors (Lipinski definition) is 1. The summed E-state index contributed by atoms with van der Waals surface area (Å²) in [6.07, 6.45) is 0.431. The molecule has 4 nitrogen and oxygen atoms in total. The molecule has 0 saturated heterocycles. The Balaban J connectivity index is 2.60. The van der Waals surface area contributed by atoms with E-state index in [2.05, 4.69) is 6.92 Å². The van der Waals surface area contributed by atoms with Crippen LogP contribution in [0.1, 0.15) is 31.9 Å². The maximum atomic E-state index is 9.66. The molecule has 0 amide bonds. The second-order valence-corrected chi connectivity index (χ2v) is 4.04. The van der Waals surface area contributed by atoms with Crippen molar-refractivity contribution < 1.29 is 19.3 Å². The molecule has 0 saturated carbocycles. The van der Waals surface area contributed by atoms with Crippen LogP contribution in [0.15, 0.2) is 18.2 Å². The molecule has 0 heterocycles. The zero-order valence-electron chi connectivity index (χ0n) is 11.3. The molecular weight excluding hydrogens is 232 g/mol.